The summed E-state index contributed by atoms with van der Waals surface area (Å²) in [5, 5.41) is 0. The van der Waals surface area contributed by atoms with Crippen molar-refractivity contribution in [3.8, 4) is 5.75 Å². The number of aromatic nitrogens is 1. The third-order valence-electron chi connectivity index (χ3n) is 1.15. The second-order valence-corrected chi connectivity index (χ2v) is 4.37. The van der Waals surface area contributed by atoms with Crippen LogP contribution in [-0.2, 0) is 0 Å². The molecular weight excluding hydrogens is 218 g/mol. The molecule has 0 aliphatic carbocycles. The Bertz CT molecular complexity index is 267. The Morgan fingerprint density at radius 1 is 1.42 bits per heavy atom. The summed E-state index contributed by atoms with van der Waals surface area (Å²) >= 11 is 3.36. The lowest BCUT2D eigenvalue weighted by atomic mass is 10.2. The largest absolute Gasteiger partial charge is 0.487 e. The molecule has 0 N–H and O–H groups in total. The summed E-state index contributed by atoms with van der Waals surface area (Å²) in [5.41, 5.74) is -0.163. The molecule has 0 amide bonds. The van der Waals surface area contributed by atoms with Gasteiger partial charge in [0.2, 0.25) is 0 Å². The molecule has 0 saturated heterocycles. The molecule has 0 spiro atoms. The van der Waals surface area contributed by atoms with Crippen LogP contribution in [0.5, 0.6) is 5.75 Å². The Hall–Kier alpha value is -0.570. The molecule has 0 fully saturated rings. The predicted octanol–water partition coefficient (Wildman–Crippen LogP) is 3.02. The standard InChI is InChI=1S/C9H12BrNO/c1-9(2,3)12-8-4-5-11-6-7(8)10/h4-6H,1-3H3. The zero-order valence-corrected chi connectivity index (χ0v) is 9.05. The van der Waals surface area contributed by atoms with Gasteiger partial charge in [-0.2, -0.15) is 0 Å². The minimum absolute atomic E-state index is 0.163. The second kappa shape index (κ2) is 3.44. The Balaban J connectivity index is 2.83. The van der Waals surface area contributed by atoms with E-state index in [0.717, 1.165) is 10.2 Å². The molecule has 2 nitrogen and oxygen atoms in total. The van der Waals surface area contributed by atoms with Crippen molar-refractivity contribution in [3.05, 3.63) is 22.9 Å². The number of hydrogen-bond acceptors (Lipinski definition) is 2. The molecule has 0 aliphatic rings. The molecule has 66 valence electrons. The highest BCUT2D eigenvalue weighted by molar-refractivity contribution is 9.10. The summed E-state index contributed by atoms with van der Waals surface area (Å²) in [6, 6.07) is 1.84. The average molecular weight is 230 g/mol. The zero-order chi connectivity index (χ0) is 9.19. The molecule has 3 heteroatoms. The minimum atomic E-state index is -0.163. The third-order valence-corrected chi connectivity index (χ3v) is 1.75. The van der Waals surface area contributed by atoms with Gasteiger partial charge in [-0.15, -0.1) is 0 Å². The van der Waals surface area contributed by atoms with Gasteiger partial charge in [-0.3, -0.25) is 4.98 Å². The van der Waals surface area contributed by atoms with Crippen LogP contribution < -0.4 is 4.74 Å². The number of pyridine rings is 1. The first-order chi connectivity index (χ1) is 5.49. The molecule has 0 radical (unpaired) electrons. The predicted molar refractivity (Wildman–Crippen MR) is 52.3 cm³/mol. The molecular formula is C9H12BrNO. The first-order valence-electron chi connectivity index (χ1n) is 3.77. The highest BCUT2D eigenvalue weighted by atomic mass is 79.9. The maximum atomic E-state index is 5.65. The van der Waals surface area contributed by atoms with E-state index in [1.807, 2.05) is 26.8 Å². The molecule has 0 aromatic carbocycles. The molecule has 0 saturated carbocycles. The van der Waals surface area contributed by atoms with E-state index in [0.29, 0.717) is 0 Å². The fraction of sp³-hybridized carbons (Fsp3) is 0.444. The second-order valence-electron chi connectivity index (χ2n) is 3.52. The van der Waals surface area contributed by atoms with Gasteiger partial charge in [0.15, 0.2) is 0 Å². The van der Waals surface area contributed by atoms with Gasteiger partial charge in [0.1, 0.15) is 11.4 Å². The van der Waals surface area contributed by atoms with E-state index in [9.17, 15) is 0 Å². The van der Waals surface area contributed by atoms with Crippen LogP contribution in [0.2, 0.25) is 0 Å². The number of hydrogen-bond donors (Lipinski definition) is 0. The number of halogens is 1. The van der Waals surface area contributed by atoms with E-state index in [-0.39, 0.29) is 5.60 Å². The van der Waals surface area contributed by atoms with Crippen molar-refractivity contribution in [1.29, 1.82) is 0 Å². The van der Waals surface area contributed by atoms with Crippen LogP contribution in [-0.4, -0.2) is 10.6 Å². The van der Waals surface area contributed by atoms with Crippen molar-refractivity contribution in [2.45, 2.75) is 26.4 Å². The lowest BCUT2D eigenvalue weighted by Gasteiger charge is -2.21. The highest BCUT2D eigenvalue weighted by Gasteiger charge is 2.13. The Morgan fingerprint density at radius 3 is 2.58 bits per heavy atom. The summed E-state index contributed by atoms with van der Waals surface area (Å²) in [6.45, 7) is 6.04. The molecule has 1 heterocycles. The maximum absolute atomic E-state index is 5.65. The topological polar surface area (TPSA) is 22.1 Å². The lowest BCUT2D eigenvalue weighted by molar-refractivity contribution is 0.129. The molecule has 12 heavy (non-hydrogen) atoms. The van der Waals surface area contributed by atoms with Crippen LogP contribution in [0.1, 0.15) is 20.8 Å². The van der Waals surface area contributed by atoms with Crippen LogP contribution in [0.25, 0.3) is 0 Å². The Kier molecular flexibility index (Phi) is 2.73. The van der Waals surface area contributed by atoms with Crippen molar-refractivity contribution in [1.82, 2.24) is 4.98 Å². The summed E-state index contributed by atoms with van der Waals surface area (Å²) in [5.74, 6) is 0.831. The van der Waals surface area contributed by atoms with Gasteiger partial charge < -0.3 is 4.74 Å². The molecule has 1 rings (SSSR count). The monoisotopic (exact) mass is 229 g/mol. The average Bonchev–Trinajstić information content (AvgIpc) is 1.91. The molecule has 1 aromatic rings. The molecule has 1 aromatic heterocycles. The zero-order valence-electron chi connectivity index (χ0n) is 7.47. The van der Waals surface area contributed by atoms with Crippen LogP contribution in [0.15, 0.2) is 22.9 Å². The molecule has 0 atom stereocenters. The first-order valence-corrected chi connectivity index (χ1v) is 4.57. The smallest absolute Gasteiger partial charge is 0.137 e. The summed E-state index contributed by atoms with van der Waals surface area (Å²) in [7, 11) is 0. The number of ether oxygens (including phenoxy) is 1. The van der Waals surface area contributed by atoms with Crippen molar-refractivity contribution < 1.29 is 4.74 Å². The van der Waals surface area contributed by atoms with Crippen molar-refractivity contribution >= 4 is 15.9 Å². The SMILES string of the molecule is CC(C)(C)Oc1ccncc1Br. The maximum Gasteiger partial charge on any atom is 0.137 e. The normalized spacial score (nSPS) is 11.3. The van der Waals surface area contributed by atoms with Gasteiger partial charge in [-0.05, 0) is 42.8 Å². The van der Waals surface area contributed by atoms with Crippen LogP contribution in [0, 0.1) is 0 Å². The van der Waals surface area contributed by atoms with Crippen LogP contribution in [0.3, 0.4) is 0 Å². The number of rotatable bonds is 1. The Labute approximate surface area is 81.1 Å². The van der Waals surface area contributed by atoms with Gasteiger partial charge in [-0.25, -0.2) is 0 Å². The van der Waals surface area contributed by atoms with Crippen LogP contribution >= 0.6 is 15.9 Å². The van der Waals surface area contributed by atoms with E-state index in [4.69, 9.17) is 4.74 Å². The van der Waals surface area contributed by atoms with Gasteiger partial charge in [-0.1, -0.05) is 0 Å². The van der Waals surface area contributed by atoms with Crippen molar-refractivity contribution in [3.63, 3.8) is 0 Å². The van der Waals surface area contributed by atoms with Crippen molar-refractivity contribution in [2.75, 3.05) is 0 Å². The Morgan fingerprint density at radius 2 is 2.08 bits per heavy atom. The molecule has 0 unspecified atom stereocenters. The van der Waals surface area contributed by atoms with Gasteiger partial charge in [0, 0.05) is 12.4 Å². The van der Waals surface area contributed by atoms with Gasteiger partial charge in [0.05, 0.1) is 4.47 Å². The number of nitrogens with zero attached hydrogens (tertiary/aromatic N) is 1. The van der Waals surface area contributed by atoms with Crippen LogP contribution in [0.4, 0.5) is 0 Å². The fourth-order valence-electron chi connectivity index (χ4n) is 0.775. The minimum Gasteiger partial charge on any atom is -0.487 e. The third kappa shape index (κ3) is 2.81. The molecule has 0 aliphatic heterocycles. The lowest BCUT2D eigenvalue weighted by Crippen LogP contribution is -2.23. The van der Waals surface area contributed by atoms with E-state index < -0.39 is 0 Å². The van der Waals surface area contributed by atoms with Gasteiger partial charge >= 0.3 is 0 Å². The van der Waals surface area contributed by atoms with Gasteiger partial charge in [0.25, 0.3) is 0 Å². The quantitative estimate of drug-likeness (QED) is 0.739. The summed E-state index contributed by atoms with van der Waals surface area (Å²) < 4.78 is 6.53. The van der Waals surface area contributed by atoms with E-state index in [2.05, 4.69) is 20.9 Å². The summed E-state index contributed by atoms with van der Waals surface area (Å²) in [4.78, 5) is 3.95. The van der Waals surface area contributed by atoms with E-state index in [1.165, 1.54) is 0 Å². The summed E-state index contributed by atoms with van der Waals surface area (Å²) in [6.07, 6.45) is 3.44. The van der Waals surface area contributed by atoms with E-state index in [1.54, 1.807) is 12.4 Å². The fourth-order valence-corrected chi connectivity index (χ4v) is 1.11. The first kappa shape index (κ1) is 9.52. The highest BCUT2D eigenvalue weighted by Crippen LogP contribution is 2.26. The van der Waals surface area contributed by atoms with E-state index >= 15 is 0 Å². The molecule has 0 bridgehead atoms. The van der Waals surface area contributed by atoms with Crippen molar-refractivity contribution in [2.24, 2.45) is 0 Å².